The van der Waals surface area contributed by atoms with Crippen molar-refractivity contribution >= 4 is 27.8 Å². The average molecular weight is 420 g/mol. The number of H-pyrrole nitrogens is 1. The fourth-order valence-corrected chi connectivity index (χ4v) is 5.32. The number of hydrogen-bond donors (Lipinski definition) is 2. The number of carbonyl (C=O) groups is 1. The lowest BCUT2D eigenvalue weighted by Gasteiger charge is -2.21. The van der Waals surface area contributed by atoms with Gasteiger partial charge in [0.1, 0.15) is 5.82 Å². The number of fused-ring (bicyclic) bond motifs is 2. The number of carboxylic acids is 1. The molecule has 2 heterocycles. The molecule has 1 saturated carbocycles. The van der Waals surface area contributed by atoms with E-state index < -0.39 is 11.4 Å². The zero-order valence-corrected chi connectivity index (χ0v) is 17.9. The van der Waals surface area contributed by atoms with Gasteiger partial charge in [-0.25, -0.2) is 4.39 Å². The molecule has 0 aliphatic heterocycles. The van der Waals surface area contributed by atoms with E-state index >= 15 is 0 Å². The van der Waals surface area contributed by atoms with Gasteiger partial charge in [0.2, 0.25) is 0 Å². The Labute approximate surface area is 179 Å². The van der Waals surface area contributed by atoms with Gasteiger partial charge in [-0.15, -0.1) is 0 Å². The molecule has 0 amide bonds. The quantitative estimate of drug-likeness (QED) is 0.418. The summed E-state index contributed by atoms with van der Waals surface area (Å²) in [6.07, 6.45) is 3.93. The van der Waals surface area contributed by atoms with Crippen LogP contribution in [0.5, 0.6) is 0 Å². The molecule has 160 valence electrons. The number of aromatic amines is 1. The first-order valence-electron chi connectivity index (χ1n) is 10.8. The highest BCUT2D eigenvalue weighted by molar-refractivity contribution is 5.99. The Kier molecular flexibility index (Phi) is 4.43. The van der Waals surface area contributed by atoms with E-state index in [1.54, 1.807) is 12.1 Å². The van der Waals surface area contributed by atoms with Crippen molar-refractivity contribution in [3.63, 3.8) is 0 Å². The molecule has 1 aliphatic carbocycles. The van der Waals surface area contributed by atoms with E-state index in [4.69, 9.17) is 0 Å². The van der Waals surface area contributed by atoms with Crippen LogP contribution in [0, 0.1) is 11.2 Å². The summed E-state index contributed by atoms with van der Waals surface area (Å²) in [5.74, 6) is -0.625. The van der Waals surface area contributed by atoms with Crippen molar-refractivity contribution in [2.45, 2.75) is 51.9 Å². The van der Waals surface area contributed by atoms with Crippen molar-refractivity contribution < 1.29 is 14.3 Å². The highest BCUT2D eigenvalue weighted by atomic mass is 19.1. The van der Waals surface area contributed by atoms with E-state index in [1.165, 1.54) is 23.4 Å². The molecular weight excluding hydrogens is 393 g/mol. The second-order valence-corrected chi connectivity index (χ2v) is 9.40. The van der Waals surface area contributed by atoms with Gasteiger partial charge in [0.15, 0.2) is 0 Å². The summed E-state index contributed by atoms with van der Waals surface area (Å²) >= 11 is 0. The third-order valence-corrected chi connectivity index (χ3v) is 6.90. The van der Waals surface area contributed by atoms with E-state index in [-0.39, 0.29) is 17.7 Å². The third kappa shape index (κ3) is 3.04. The Hall–Kier alpha value is -3.15. The number of aromatic nitrogens is 3. The van der Waals surface area contributed by atoms with Gasteiger partial charge in [-0.05, 0) is 80.0 Å². The monoisotopic (exact) mass is 419 g/mol. The number of carboxylic acid groups (broad SMARTS) is 1. The standard InChI is InChI=1S/C25H26FN3O2/c1-14(2)23-22(15-8-9-25(3,12-15)24(30)31)19-11-20-16(13-27-28-20)10-21(19)29(23)18-6-4-17(26)5-7-18/h4-7,10-11,13-15H,8-9,12H2,1-3H3,(H,27,28)(H,30,31)/t15-,25-/m1/s1. The van der Waals surface area contributed by atoms with Crippen LogP contribution in [-0.4, -0.2) is 25.8 Å². The first kappa shape index (κ1) is 19.8. The second-order valence-electron chi connectivity index (χ2n) is 9.40. The van der Waals surface area contributed by atoms with Gasteiger partial charge in [-0.1, -0.05) is 13.8 Å². The Morgan fingerprint density at radius 2 is 2.03 bits per heavy atom. The van der Waals surface area contributed by atoms with Crippen LogP contribution in [0.15, 0.2) is 42.6 Å². The maximum atomic E-state index is 13.7. The average Bonchev–Trinajstić information content (AvgIpc) is 3.42. The number of nitrogens with one attached hydrogen (secondary N) is 1. The van der Waals surface area contributed by atoms with Crippen molar-refractivity contribution in [3.8, 4) is 5.69 Å². The lowest BCUT2D eigenvalue weighted by molar-refractivity contribution is -0.147. The van der Waals surface area contributed by atoms with Crippen LogP contribution in [0.3, 0.4) is 0 Å². The van der Waals surface area contributed by atoms with Gasteiger partial charge >= 0.3 is 5.97 Å². The van der Waals surface area contributed by atoms with E-state index in [1.807, 2.05) is 13.1 Å². The van der Waals surface area contributed by atoms with Crippen LogP contribution >= 0.6 is 0 Å². The smallest absolute Gasteiger partial charge is 0.309 e. The molecule has 4 aromatic rings. The fraction of sp³-hybridized carbons (Fsp3) is 0.360. The summed E-state index contributed by atoms with van der Waals surface area (Å²) in [6, 6.07) is 10.8. The van der Waals surface area contributed by atoms with Gasteiger partial charge in [0.25, 0.3) is 0 Å². The molecule has 1 aliphatic rings. The molecule has 0 bridgehead atoms. The van der Waals surface area contributed by atoms with Crippen LogP contribution in [0.1, 0.15) is 63.1 Å². The minimum Gasteiger partial charge on any atom is -0.481 e. The van der Waals surface area contributed by atoms with Crippen molar-refractivity contribution in [2.75, 3.05) is 0 Å². The third-order valence-electron chi connectivity index (χ3n) is 6.90. The van der Waals surface area contributed by atoms with Crippen molar-refractivity contribution in [3.05, 3.63) is 59.7 Å². The molecule has 0 spiro atoms. The first-order chi connectivity index (χ1) is 14.8. The summed E-state index contributed by atoms with van der Waals surface area (Å²) in [7, 11) is 0. The number of hydrogen-bond acceptors (Lipinski definition) is 2. The molecule has 6 heteroatoms. The number of rotatable bonds is 4. The van der Waals surface area contributed by atoms with Gasteiger partial charge < -0.3 is 9.67 Å². The molecule has 2 aromatic carbocycles. The molecule has 2 N–H and O–H groups in total. The van der Waals surface area contributed by atoms with Crippen molar-refractivity contribution in [2.24, 2.45) is 5.41 Å². The predicted octanol–water partition coefficient (Wildman–Crippen LogP) is 6.13. The zero-order chi connectivity index (χ0) is 21.9. The molecule has 0 saturated heterocycles. The summed E-state index contributed by atoms with van der Waals surface area (Å²) in [6.45, 7) is 6.18. The van der Waals surface area contributed by atoms with Gasteiger partial charge in [0, 0.05) is 22.2 Å². The normalized spacial score (nSPS) is 21.5. The van der Waals surface area contributed by atoms with E-state index in [2.05, 4.69) is 40.7 Å². The Morgan fingerprint density at radius 3 is 2.68 bits per heavy atom. The predicted molar refractivity (Wildman–Crippen MR) is 119 cm³/mol. The van der Waals surface area contributed by atoms with E-state index in [9.17, 15) is 14.3 Å². The van der Waals surface area contributed by atoms with Crippen molar-refractivity contribution in [1.82, 2.24) is 14.8 Å². The number of benzene rings is 2. The molecule has 0 radical (unpaired) electrons. The Balaban J connectivity index is 1.82. The van der Waals surface area contributed by atoms with Gasteiger partial charge in [0.05, 0.1) is 22.6 Å². The summed E-state index contributed by atoms with van der Waals surface area (Å²) in [4.78, 5) is 11.9. The maximum absolute atomic E-state index is 13.7. The topological polar surface area (TPSA) is 70.9 Å². The SMILES string of the molecule is CC(C)c1c([C@@H]2CC[C@@](C)(C(=O)O)C2)c2cc3[nH]ncc3cc2n1-c1ccc(F)cc1. The minimum absolute atomic E-state index is 0.156. The molecule has 5 nitrogen and oxygen atoms in total. The number of halogens is 1. The molecule has 5 rings (SSSR count). The molecule has 1 fully saturated rings. The number of aliphatic carboxylic acids is 1. The van der Waals surface area contributed by atoms with Crippen LogP contribution < -0.4 is 0 Å². The van der Waals surface area contributed by atoms with Gasteiger partial charge in [-0.3, -0.25) is 9.89 Å². The molecular formula is C25H26FN3O2. The lowest BCUT2D eigenvalue weighted by Crippen LogP contribution is -2.23. The van der Waals surface area contributed by atoms with Crippen LogP contribution in [0.4, 0.5) is 4.39 Å². The summed E-state index contributed by atoms with van der Waals surface area (Å²) < 4.78 is 15.9. The molecule has 2 aromatic heterocycles. The van der Waals surface area contributed by atoms with Gasteiger partial charge in [-0.2, -0.15) is 5.10 Å². The summed E-state index contributed by atoms with van der Waals surface area (Å²) in [5.41, 5.74) is 4.59. The van der Waals surface area contributed by atoms with Crippen LogP contribution in [-0.2, 0) is 4.79 Å². The first-order valence-corrected chi connectivity index (χ1v) is 10.8. The van der Waals surface area contributed by atoms with Crippen molar-refractivity contribution in [1.29, 1.82) is 0 Å². The largest absolute Gasteiger partial charge is 0.481 e. The van der Waals surface area contributed by atoms with E-state index in [0.717, 1.165) is 33.9 Å². The highest BCUT2D eigenvalue weighted by Crippen LogP contribution is 2.51. The minimum atomic E-state index is -0.723. The van der Waals surface area contributed by atoms with Crippen LogP contribution in [0.2, 0.25) is 0 Å². The zero-order valence-electron chi connectivity index (χ0n) is 17.9. The fourth-order valence-electron chi connectivity index (χ4n) is 5.32. The summed E-state index contributed by atoms with van der Waals surface area (Å²) in [5, 5.41) is 19.2. The molecule has 2 atom stereocenters. The Bertz CT molecular complexity index is 1300. The van der Waals surface area contributed by atoms with E-state index in [0.29, 0.717) is 12.8 Å². The lowest BCUT2D eigenvalue weighted by atomic mass is 9.84. The molecule has 0 unspecified atom stereocenters. The number of nitrogens with zero attached hydrogens (tertiary/aromatic N) is 2. The second kappa shape index (κ2) is 6.94. The highest BCUT2D eigenvalue weighted by Gasteiger charge is 2.43. The maximum Gasteiger partial charge on any atom is 0.309 e. The molecule has 31 heavy (non-hydrogen) atoms. The van der Waals surface area contributed by atoms with Crippen LogP contribution in [0.25, 0.3) is 27.5 Å². The Morgan fingerprint density at radius 1 is 1.29 bits per heavy atom.